The van der Waals surface area contributed by atoms with Crippen molar-refractivity contribution in [3.8, 4) is 11.5 Å². The van der Waals surface area contributed by atoms with Crippen LogP contribution >= 0.6 is 0 Å². The molecular formula is C33H42O19. The number of hydrogen-bond acceptors (Lipinski definition) is 19. The molecule has 2 aromatic carbocycles. The van der Waals surface area contributed by atoms with Crippen LogP contribution in [-0.2, 0) is 51.3 Å². The molecule has 2 heterocycles. The molecule has 52 heavy (non-hydrogen) atoms. The number of aliphatic hydroxyl groups is 9. The first-order chi connectivity index (χ1) is 24.7. The molecule has 2 fully saturated rings. The van der Waals surface area contributed by atoms with Gasteiger partial charge in [-0.15, -0.1) is 0 Å². The van der Waals surface area contributed by atoms with Gasteiger partial charge in [-0.2, -0.15) is 0 Å². The average molecular weight is 743 g/mol. The summed E-state index contributed by atoms with van der Waals surface area (Å²) in [7, 11) is 1.02. The summed E-state index contributed by atoms with van der Waals surface area (Å²) in [5.41, 5.74) is -1.87. The summed E-state index contributed by atoms with van der Waals surface area (Å²) in [6.07, 6.45) is -16.7. The van der Waals surface area contributed by atoms with Crippen molar-refractivity contribution in [1.29, 1.82) is 0 Å². The van der Waals surface area contributed by atoms with E-state index in [1.54, 1.807) is 0 Å². The Labute approximate surface area is 296 Å². The molecule has 0 aromatic heterocycles. The van der Waals surface area contributed by atoms with E-state index in [1.165, 1.54) is 48.5 Å². The maximum Gasteiger partial charge on any atom is 0.339 e. The third-order valence-corrected chi connectivity index (χ3v) is 8.30. The van der Waals surface area contributed by atoms with Crippen molar-refractivity contribution in [2.24, 2.45) is 0 Å². The first-order valence-electron chi connectivity index (χ1n) is 15.9. The van der Waals surface area contributed by atoms with Gasteiger partial charge in [-0.05, 0) is 35.4 Å². The molecule has 0 bridgehead atoms. The zero-order valence-corrected chi connectivity index (χ0v) is 27.7. The van der Waals surface area contributed by atoms with Gasteiger partial charge in [-0.3, -0.25) is 9.59 Å². The quantitative estimate of drug-likeness (QED) is 0.0632. The zero-order valence-electron chi connectivity index (χ0n) is 27.7. The first kappa shape index (κ1) is 40.8. The number of esters is 3. The number of hydrogen-bond donors (Lipinski definition) is 9. The summed E-state index contributed by atoms with van der Waals surface area (Å²) in [6.45, 7) is -2.03. The molecule has 4 rings (SSSR count). The average Bonchev–Trinajstić information content (AvgIpc) is 3.14. The smallest absolute Gasteiger partial charge is 0.339 e. The Bertz CT molecular complexity index is 1470. The molecule has 2 saturated heterocycles. The molecule has 0 spiro atoms. The van der Waals surface area contributed by atoms with Gasteiger partial charge in [0.05, 0.1) is 33.2 Å². The van der Waals surface area contributed by atoms with Crippen molar-refractivity contribution in [2.75, 3.05) is 20.3 Å². The topological polar surface area (TPSA) is 298 Å². The fraction of sp³-hybridized carbons (Fsp3) is 0.545. The van der Waals surface area contributed by atoms with Crippen LogP contribution in [-0.4, -0.2) is 151 Å². The fourth-order valence-electron chi connectivity index (χ4n) is 5.18. The number of methoxy groups -OCH3 is 1. The van der Waals surface area contributed by atoms with Crippen LogP contribution in [0.25, 0.3) is 0 Å². The molecule has 9 N–H and O–H groups in total. The number of carbonyl (C=O) groups excluding carboxylic acids is 3. The number of benzene rings is 2. The van der Waals surface area contributed by atoms with E-state index in [-0.39, 0.29) is 18.1 Å². The highest BCUT2D eigenvalue weighted by Crippen LogP contribution is 2.27. The van der Waals surface area contributed by atoms with Crippen LogP contribution < -0.4 is 9.47 Å². The summed E-state index contributed by atoms with van der Waals surface area (Å²) in [4.78, 5) is 37.7. The Morgan fingerprint density at radius 2 is 1.02 bits per heavy atom. The minimum Gasteiger partial charge on any atom is -0.469 e. The molecule has 0 aliphatic carbocycles. The predicted molar refractivity (Wildman–Crippen MR) is 167 cm³/mol. The summed E-state index contributed by atoms with van der Waals surface area (Å²) < 4.78 is 36.6. The zero-order chi connectivity index (χ0) is 38.2. The maximum atomic E-state index is 13.0. The minimum atomic E-state index is -2.67. The Morgan fingerprint density at radius 3 is 1.42 bits per heavy atom. The Kier molecular flexibility index (Phi) is 14.2. The van der Waals surface area contributed by atoms with Gasteiger partial charge >= 0.3 is 17.9 Å². The molecule has 19 heteroatoms. The lowest BCUT2D eigenvalue weighted by molar-refractivity contribution is -0.277. The van der Waals surface area contributed by atoms with Crippen molar-refractivity contribution < 1.29 is 93.5 Å². The van der Waals surface area contributed by atoms with Gasteiger partial charge < -0.3 is 79.1 Å². The molecule has 0 amide bonds. The van der Waals surface area contributed by atoms with Crippen molar-refractivity contribution in [3.05, 3.63) is 59.7 Å². The SMILES string of the molecule is COC(=O)CC(O)(CC(=O)OCc1ccc(O[C@@H]2O[C@H](CO)[C@@H](O)[C@H](O)[C@H]2O)cc1)C(=O)OCc1ccc(O[C@@H]2O[C@H](CO)[C@@H](O)[C@H](O)[C@H]2O)cc1. The predicted octanol–water partition coefficient (Wildman–Crippen LogP) is -3.49. The standard InChI is InChI=1S/C33H42O19/c1-46-22(36)10-33(45,32(44)48-15-17-4-8-19(9-5-17)50-31-29(43)27(41)25(39)21(13-35)52-31)11-23(37)47-14-16-2-6-18(7-3-16)49-30-28(42)26(40)24(38)20(12-34)51-30/h2-9,20-21,24-31,34-35,38-43,45H,10-15H2,1H3/t20-,21-,24-,25-,26+,27+,28-,29-,30-,31-,33?/m1/s1. The largest absolute Gasteiger partial charge is 0.469 e. The molecule has 0 saturated carbocycles. The third kappa shape index (κ3) is 10.1. The number of ether oxygens (including phenoxy) is 7. The third-order valence-electron chi connectivity index (χ3n) is 8.30. The molecule has 2 aliphatic heterocycles. The molecule has 288 valence electrons. The van der Waals surface area contributed by atoms with Crippen LogP contribution in [0, 0.1) is 0 Å². The first-order valence-corrected chi connectivity index (χ1v) is 15.9. The van der Waals surface area contributed by atoms with E-state index >= 15 is 0 Å². The molecular weight excluding hydrogens is 700 g/mol. The minimum absolute atomic E-state index is 0.139. The van der Waals surface area contributed by atoms with Crippen molar-refractivity contribution >= 4 is 17.9 Å². The van der Waals surface area contributed by atoms with Gasteiger partial charge in [0.15, 0.2) is 5.60 Å². The molecule has 2 aromatic rings. The van der Waals surface area contributed by atoms with Gasteiger partial charge in [0.2, 0.25) is 12.6 Å². The van der Waals surface area contributed by atoms with E-state index < -0.39 is 118 Å². The Hall–Kier alpha value is -3.99. The second-order valence-electron chi connectivity index (χ2n) is 12.1. The number of rotatable bonds is 15. The van der Waals surface area contributed by atoms with Crippen LogP contribution in [0.2, 0.25) is 0 Å². The van der Waals surface area contributed by atoms with Gasteiger partial charge in [0, 0.05) is 0 Å². The lowest BCUT2D eigenvalue weighted by atomic mass is 9.95. The van der Waals surface area contributed by atoms with Gasteiger partial charge in [0.1, 0.15) is 73.5 Å². The monoisotopic (exact) mass is 742 g/mol. The van der Waals surface area contributed by atoms with E-state index in [2.05, 4.69) is 4.74 Å². The van der Waals surface area contributed by atoms with Crippen LogP contribution in [0.4, 0.5) is 0 Å². The van der Waals surface area contributed by atoms with E-state index in [0.29, 0.717) is 11.1 Å². The van der Waals surface area contributed by atoms with Gasteiger partial charge in [-0.1, -0.05) is 24.3 Å². The Balaban J connectivity index is 1.29. The van der Waals surface area contributed by atoms with E-state index in [9.17, 15) is 60.3 Å². The highest BCUT2D eigenvalue weighted by molar-refractivity contribution is 5.90. The molecule has 11 atom stereocenters. The second-order valence-corrected chi connectivity index (χ2v) is 12.1. The molecule has 19 nitrogen and oxygen atoms in total. The van der Waals surface area contributed by atoms with Gasteiger partial charge in [0.25, 0.3) is 0 Å². The van der Waals surface area contributed by atoms with Crippen LogP contribution in [0.1, 0.15) is 24.0 Å². The summed E-state index contributed by atoms with van der Waals surface area (Å²) in [5, 5.41) is 89.7. The highest BCUT2D eigenvalue weighted by Gasteiger charge is 2.46. The van der Waals surface area contributed by atoms with Crippen molar-refractivity contribution in [2.45, 2.75) is 93.1 Å². The summed E-state index contributed by atoms with van der Waals surface area (Å²) in [6, 6.07) is 11.5. The lowest BCUT2D eigenvalue weighted by Crippen LogP contribution is -2.60. The van der Waals surface area contributed by atoms with Crippen LogP contribution in [0.15, 0.2) is 48.5 Å². The van der Waals surface area contributed by atoms with E-state index in [1.807, 2.05) is 0 Å². The van der Waals surface area contributed by atoms with Gasteiger partial charge in [-0.25, -0.2) is 4.79 Å². The van der Waals surface area contributed by atoms with Crippen molar-refractivity contribution in [3.63, 3.8) is 0 Å². The van der Waals surface area contributed by atoms with E-state index in [4.69, 9.17) is 28.4 Å². The van der Waals surface area contributed by atoms with Crippen LogP contribution in [0.5, 0.6) is 11.5 Å². The lowest BCUT2D eigenvalue weighted by Gasteiger charge is -2.39. The maximum absolute atomic E-state index is 13.0. The highest BCUT2D eigenvalue weighted by atomic mass is 16.7. The fourth-order valence-corrected chi connectivity index (χ4v) is 5.18. The summed E-state index contributed by atoms with van der Waals surface area (Å²) >= 11 is 0. The normalized spacial score (nSPS) is 30.0. The second kappa shape index (κ2) is 18.2. The number of carbonyl (C=O) groups is 3. The van der Waals surface area contributed by atoms with Crippen molar-refractivity contribution in [1.82, 2.24) is 0 Å². The Morgan fingerprint density at radius 1 is 0.615 bits per heavy atom. The molecule has 2 aliphatic rings. The molecule has 1 unspecified atom stereocenters. The van der Waals surface area contributed by atoms with Crippen LogP contribution in [0.3, 0.4) is 0 Å². The number of aliphatic hydroxyl groups excluding tert-OH is 8. The van der Waals surface area contributed by atoms with E-state index in [0.717, 1.165) is 7.11 Å². The molecule has 0 radical (unpaired) electrons. The summed E-state index contributed by atoms with van der Waals surface area (Å²) in [5.74, 6) is -3.12.